The molecule has 0 heterocycles. The molecule has 6 heteroatoms. The van der Waals surface area contributed by atoms with Crippen LogP contribution in [-0.2, 0) is 9.09 Å². The summed E-state index contributed by atoms with van der Waals surface area (Å²) >= 11 is 0. The Morgan fingerprint density at radius 3 is 2.00 bits per heavy atom. The maximum Gasteiger partial charge on any atom is 0.301 e. The van der Waals surface area contributed by atoms with E-state index >= 15 is 0 Å². The first-order valence-electron chi connectivity index (χ1n) is 7.14. The van der Waals surface area contributed by atoms with Crippen molar-refractivity contribution in [3.05, 3.63) is 54.1 Å². The summed E-state index contributed by atoms with van der Waals surface area (Å²) in [4.78, 5) is 13.1. The molecule has 2 aromatic carbocycles. The van der Waals surface area contributed by atoms with Crippen LogP contribution < -0.4 is 14.8 Å². The lowest BCUT2D eigenvalue weighted by Gasteiger charge is -2.19. The molecule has 23 heavy (non-hydrogen) atoms. The molecule has 122 valence electrons. The summed E-state index contributed by atoms with van der Waals surface area (Å²) in [5.41, 5.74) is -0.516. The van der Waals surface area contributed by atoms with E-state index in [0.717, 1.165) is 0 Å². The van der Waals surface area contributed by atoms with Crippen LogP contribution in [0.25, 0.3) is 0 Å². The molecule has 0 aliphatic heterocycles. The third kappa shape index (κ3) is 3.31. The fourth-order valence-electron chi connectivity index (χ4n) is 2.27. The summed E-state index contributed by atoms with van der Waals surface area (Å²) in [6, 6.07) is 13.4. The van der Waals surface area contributed by atoms with Crippen LogP contribution in [0.1, 0.15) is 17.3 Å². The van der Waals surface area contributed by atoms with Crippen LogP contribution in [0.5, 0.6) is 11.5 Å². The zero-order valence-corrected chi connectivity index (χ0v) is 14.2. The maximum atomic E-state index is 13.4. The summed E-state index contributed by atoms with van der Waals surface area (Å²) in [6.07, 6.45) is 0. The van der Waals surface area contributed by atoms with Gasteiger partial charge in [0.15, 0.2) is 0 Å². The SMILES string of the molecule is CCOP(=O)(C(=O)c1c(OC)cccc1OC)c1ccccc1. The van der Waals surface area contributed by atoms with E-state index in [4.69, 9.17) is 14.0 Å². The molecule has 0 radical (unpaired) electrons. The number of carbonyl (C=O) groups excluding carboxylic acids is 1. The molecule has 0 aromatic heterocycles. The van der Waals surface area contributed by atoms with Crippen molar-refractivity contribution in [2.75, 3.05) is 20.8 Å². The second kappa shape index (κ2) is 7.44. The number of methoxy groups -OCH3 is 2. The zero-order valence-electron chi connectivity index (χ0n) is 13.3. The highest BCUT2D eigenvalue weighted by molar-refractivity contribution is 7.83. The Morgan fingerprint density at radius 1 is 0.957 bits per heavy atom. The first-order chi connectivity index (χ1) is 11.1. The van der Waals surface area contributed by atoms with Crippen molar-refractivity contribution in [2.45, 2.75) is 6.92 Å². The molecule has 1 atom stereocenters. The normalized spacial score (nSPS) is 13.2. The molecule has 5 nitrogen and oxygen atoms in total. The molecule has 0 amide bonds. The van der Waals surface area contributed by atoms with Gasteiger partial charge < -0.3 is 14.0 Å². The first-order valence-corrected chi connectivity index (χ1v) is 8.77. The van der Waals surface area contributed by atoms with Crippen LogP contribution in [0.4, 0.5) is 0 Å². The van der Waals surface area contributed by atoms with Crippen molar-refractivity contribution >= 4 is 18.2 Å². The molecule has 0 fully saturated rings. The van der Waals surface area contributed by atoms with E-state index in [-0.39, 0.29) is 12.2 Å². The molecular weight excluding hydrogens is 315 g/mol. The van der Waals surface area contributed by atoms with Crippen LogP contribution in [0.3, 0.4) is 0 Å². The lowest BCUT2D eigenvalue weighted by Crippen LogP contribution is -2.17. The first kappa shape index (κ1) is 17.3. The molecule has 1 unspecified atom stereocenters. The fraction of sp³-hybridized carbons (Fsp3) is 0.235. The third-order valence-corrected chi connectivity index (χ3v) is 5.67. The van der Waals surface area contributed by atoms with Gasteiger partial charge in [-0.2, -0.15) is 0 Å². The zero-order chi connectivity index (χ0) is 16.9. The minimum atomic E-state index is -3.76. The summed E-state index contributed by atoms with van der Waals surface area (Å²) < 4.78 is 29.3. The van der Waals surface area contributed by atoms with E-state index in [2.05, 4.69) is 0 Å². The van der Waals surface area contributed by atoms with Gasteiger partial charge in [0.25, 0.3) is 5.52 Å². The molecule has 0 bridgehead atoms. The van der Waals surface area contributed by atoms with Crippen LogP contribution in [0, 0.1) is 0 Å². The van der Waals surface area contributed by atoms with Gasteiger partial charge in [-0.15, -0.1) is 0 Å². The summed E-state index contributed by atoms with van der Waals surface area (Å²) in [5.74, 6) is 0.593. The van der Waals surface area contributed by atoms with E-state index in [0.29, 0.717) is 16.8 Å². The predicted molar refractivity (Wildman–Crippen MR) is 89.2 cm³/mol. The molecule has 0 aliphatic rings. The molecule has 0 aliphatic carbocycles. The molecular formula is C17H19O5P. The van der Waals surface area contributed by atoms with Crippen molar-refractivity contribution in [1.82, 2.24) is 0 Å². The molecule has 0 saturated heterocycles. The van der Waals surface area contributed by atoms with Gasteiger partial charge in [0.2, 0.25) is 0 Å². The van der Waals surface area contributed by atoms with Crippen molar-refractivity contribution < 1.29 is 23.4 Å². The average Bonchev–Trinajstić information content (AvgIpc) is 2.61. The molecule has 2 rings (SSSR count). The maximum absolute atomic E-state index is 13.4. The van der Waals surface area contributed by atoms with Gasteiger partial charge in [0.05, 0.1) is 20.8 Å². The largest absolute Gasteiger partial charge is 0.496 e. The van der Waals surface area contributed by atoms with Crippen molar-refractivity contribution in [3.8, 4) is 11.5 Å². The Labute approximate surface area is 135 Å². The second-order valence-corrected chi connectivity index (χ2v) is 6.93. The molecule has 0 N–H and O–H groups in total. The van der Waals surface area contributed by atoms with E-state index in [1.807, 2.05) is 0 Å². The van der Waals surface area contributed by atoms with Gasteiger partial charge in [-0.25, -0.2) is 0 Å². The number of ether oxygens (including phenoxy) is 2. The summed E-state index contributed by atoms with van der Waals surface area (Å²) in [6.45, 7) is 1.84. The minimum absolute atomic E-state index is 0.123. The number of carbonyl (C=O) groups is 1. The lowest BCUT2D eigenvalue weighted by atomic mass is 10.2. The average molecular weight is 334 g/mol. The van der Waals surface area contributed by atoms with Crippen LogP contribution >= 0.6 is 7.37 Å². The van der Waals surface area contributed by atoms with E-state index in [9.17, 15) is 9.36 Å². The highest BCUT2D eigenvalue weighted by Crippen LogP contribution is 2.51. The molecule has 2 aromatic rings. The van der Waals surface area contributed by atoms with Crippen LogP contribution in [0.15, 0.2) is 48.5 Å². The third-order valence-electron chi connectivity index (χ3n) is 3.32. The molecule has 0 spiro atoms. The topological polar surface area (TPSA) is 61.8 Å². The Bertz CT molecular complexity index is 705. The van der Waals surface area contributed by atoms with Crippen molar-refractivity contribution in [1.29, 1.82) is 0 Å². The number of benzene rings is 2. The number of rotatable bonds is 7. The molecule has 0 saturated carbocycles. The monoisotopic (exact) mass is 334 g/mol. The van der Waals surface area contributed by atoms with E-state index in [1.54, 1.807) is 55.5 Å². The Morgan fingerprint density at radius 2 is 1.52 bits per heavy atom. The van der Waals surface area contributed by atoms with Crippen LogP contribution in [0.2, 0.25) is 0 Å². The summed E-state index contributed by atoms with van der Waals surface area (Å²) in [5, 5.41) is 0.347. The Balaban J connectivity index is 2.63. The van der Waals surface area contributed by atoms with Crippen molar-refractivity contribution in [2.24, 2.45) is 0 Å². The second-order valence-electron chi connectivity index (χ2n) is 4.65. The smallest absolute Gasteiger partial charge is 0.301 e. The minimum Gasteiger partial charge on any atom is -0.496 e. The van der Waals surface area contributed by atoms with E-state index < -0.39 is 12.9 Å². The van der Waals surface area contributed by atoms with Gasteiger partial charge in [0, 0.05) is 5.30 Å². The van der Waals surface area contributed by atoms with Crippen molar-refractivity contribution in [3.63, 3.8) is 0 Å². The quantitative estimate of drug-likeness (QED) is 0.726. The number of hydrogen-bond acceptors (Lipinski definition) is 5. The van der Waals surface area contributed by atoms with E-state index in [1.165, 1.54) is 14.2 Å². The lowest BCUT2D eigenvalue weighted by molar-refractivity contribution is 0.105. The van der Waals surface area contributed by atoms with Gasteiger partial charge in [-0.3, -0.25) is 9.36 Å². The van der Waals surface area contributed by atoms with Crippen LogP contribution in [-0.4, -0.2) is 26.4 Å². The van der Waals surface area contributed by atoms with Gasteiger partial charge >= 0.3 is 7.37 Å². The summed E-state index contributed by atoms with van der Waals surface area (Å²) in [7, 11) is -0.876. The Hall–Kier alpha value is -2.10. The standard InChI is InChI=1S/C17H19O5P/c1-4-22-23(19,13-9-6-5-7-10-13)17(18)16-14(20-2)11-8-12-15(16)21-3/h5-12H,4H2,1-3H3. The van der Waals surface area contributed by atoms with Gasteiger partial charge in [-0.1, -0.05) is 24.3 Å². The predicted octanol–water partition coefficient (Wildman–Crippen LogP) is 3.48. The van der Waals surface area contributed by atoms with Gasteiger partial charge in [0.1, 0.15) is 17.1 Å². The number of hydrogen-bond donors (Lipinski definition) is 0. The highest BCUT2D eigenvalue weighted by atomic mass is 31.2. The fourth-order valence-corrected chi connectivity index (χ4v) is 4.21. The van der Waals surface area contributed by atoms with Gasteiger partial charge in [-0.05, 0) is 31.2 Å². The highest BCUT2D eigenvalue weighted by Gasteiger charge is 2.39. The Kier molecular flexibility index (Phi) is 5.59.